The Bertz CT molecular complexity index is 1500. The zero-order chi connectivity index (χ0) is 27.5. The summed E-state index contributed by atoms with van der Waals surface area (Å²) in [5.41, 5.74) is 4.26. The number of benzene rings is 4. The van der Waals surface area contributed by atoms with E-state index in [0.717, 1.165) is 68.2 Å². The topological polar surface area (TPSA) is 52.7 Å². The Balaban J connectivity index is 1.21. The van der Waals surface area contributed by atoms with Crippen LogP contribution in [0.5, 0.6) is 0 Å². The Morgan fingerprint density at radius 3 is 2.33 bits per heavy atom. The Morgan fingerprint density at radius 2 is 1.52 bits per heavy atom. The van der Waals surface area contributed by atoms with Crippen molar-refractivity contribution in [1.82, 2.24) is 15.1 Å². The molecule has 1 saturated heterocycles. The monoisotopic (exact) mass is 531 g/mol. The highest BCUT2D eigenvalue weighted by atomic mass is 16.2. The molecule has 4 aromatic rings. The van der Waals surface area contributed by atoms with Crippen molar-refractivity contribution in [1.29, 1.82) is 0 Å². The number of fused-ring (bicyclic) bond motifs is 2. The fraction of sp³-hybridized carbons (Fsp3) is 0.314. The molecule has 2 heterocycles. The van der Waals surface area contributed by atoms with Gasteiger partial charge in [0.05, 0.1) is 11.6 Å². The molecule has 1 fully saturated rings. The van der Waals surface area contributed by atoms with Crippen LogP contribution in [-0.4, -0.2) is 47.8 Å². The van der Waals surface area contributed by atoms with Crippen LogP contribution in [0.1, 0.15) is 59.3 Å². The van der Waals surface area contributed by atoms with Crippen LogP contribution in [0.25, 0.3) is 10.8 Å². The third-order valence-corrected chi connectivity index (χ3v) is 8.86. The van der Waals surface area contributed by atoms with Gasteiger partial charge >= 0.3 is 0 Å². The lowest BCUT2D eigenvalue weighted by atomic mass is 9.80. The molecule has 5 heteroatoms. The summed E-state index contributed by atoms with van der Waals surface area (Å²) >= 11 is 0. The number of piperidine rings is 1. The van der Waals surface area contributed by atoms with Crippen molar-refractivity contribution in [2.75, 3.05) is 26.2 Å². The van der Waals surface area contributed by atoms with Crippen molar-refractivity contribution in [3.8, 4) is 0 Å². The molecule has 0 bridgehead atoms. The fourth-order valence-corrected chi connectivity index (χ4v) is 6.82. The highest BCUT2D eigenvalue weighted by Crippen LogP contribution is 2.37. The van der Waals surface area contributed by atoms with Crippen LogP contribution in [0.2, 0.25) is 0 Å². The molecule has 204 valence electrons. The molecule has 40 heavy (non-hydrogen) atoms. The normalized spacial score (nSPS) is 18.7. The van der Waals surface area contributed by atoms with E-state index in [1.54, 1.807) is 6.92 Å². The molecule has 0 aliphatic carbocycles. The lowest BCUT2D eigenvalue weighted by molar-refractivity contribution is -0.121. The fourth-order valence-electron chi connectivity index (χ4n) is 6.82. The number of amides is 2. The summed E-state index contributed by atoms with van der Waals surface area (Å²) in [5, 5.41) is 5.39. The highest BCUT2D eigenvalue weighted by molar-refractivity contribution is 6.07. The van der Waals surface area contributed by atoms with E-state index >= 15 is 0 Å². The molecule has 2 amide bonds. The number of carbonyl (C=O) groups excluding carboxylic acids is 2. The average molecular weight is 532 g/mol. The molecule has 5 nitrogen and oxygen atoms in total. The van der Waals surface area contributed by atoms with Gasteiger partial charge in [0.2, 0.25) is 5.91 Å². The van der Waals surface area contributed by atoms with E-state index in [1.807, 2.05) is 42.5 Å². The summed E-state index contributed by atoms with van der Waals surface area (Å²) in [6.07, 6.45) is 3.50. The Labute approximate surface area is 236 Å². The molecule has 0 saturated carbocycles. The quantitative estimate of drug-likeness (QED) is 0.327. The lowest BCUT2D eigenvalue weighted by Gasteiger charge is -2.44. The van der Waals surface area contributed by atoms with Gasteiger partial charge in [0, 0.05) is 38.7 Å². The highest BCUT2D eigenvalue weighted by Gasteiger charge is 2.38. The van der Waals surface area contributed by atoms with Crippen LogP contribution >= 0.6 is 0 Å². The Morgan fingerprint density at radius 1 is 0.825 bits per heavy atom. The summed E-state index contributed by atoms with van der Waals surface area (Å²) in [7, 11) is 0. The molecule has 1 N–H and O–H groups in total. The van der Waals surface area contributed by atoms with Gasteiger partial charge in [-0.1, -0.05) is 91.0 Å². The van der Waals surface area contributed by atoms with Gasteiger partial charge in [0.1, 0.15) is 0 Å². The second-order valence-corrected chi connectivity index (χ2v) is 11.2. The molecule has 1 unspecified atom stereocenters. The minimum absolute atomic E-state index is 0.0127. The molecule has 0 aromatic heterocycles. The number of rotatable bonds is 6. The van der Waals surface area contributed by atoms with Gasteiger partial charge in [-0.15, -0.1) is 0 Å². The maximum atomic E-state index is 14.1. The SMILES string of the molecule is CC(=O)NC1(c2ccccc2)CCN(CCC2c3ccccc3CCN2C(=O)c2cccc3ccccc23)CC1. The molecular weight excluding hydrogens is 494 g/mol. The third kappa shape index (κ3) is 5.14. The van der Waals surface area contributed by atoms with E-state index in [1.165, 1.54) is 16.7 Å². The number of likely N-dealkylation sites (tertiary alicyclic amines) is 1. The molecule has 4 aromatic carbocycles. The van der Waals surface area contributed by atoms with E-state index < -0.39 is 0 Å². The zero-order valence-corrected chi connectivity index (χ0v) is 23.2. The molecule has 6 rings (SSSR count). The van der Waals surface area contributed by atoms with Crippen molar-refractivity contribution in [3.63, 3.8) is 0 Å². The van der Waals surface area contributed by atoms with Crippen molar-refractivity contribution in [2.45, 2.75) is 44.2 Å². The molecule has 2 aliphatic heterocycles. The minimum Gasteiger partial charge on any atom is -0.347 e. The van der Waals surface area contributed by atoms with Gasteiger partial charge in [-0.25, -0.2) is 0 Å². The number of nitrogens with one attached hydrogen (secondary N) is 1. The maximum Gasteiger partial charge on any atom is 0.255 e. The summed E-state index contributed by atoms with van der Waals surface area (Å²) < 4.78 is 0. The lowest BCUT2D eigenvalue weighted by Crippen LogP contribution is -2.53. The zero-order valence-electron chi connectivity index (χ0n) is 23.2. The Hall–Kier alpha value is -3.96. The van der Waals surface area contributed by atoms with Crippen LogP contribution in [0.15, 0.2) is 97.1 Å². The van der Waals surface area contributed by atoms with Crippen LogP contribution in [0, 0.1) is 0 Å². The van der Waals surface area contributed by atoms with Crippen LogP contribution in [0.4, 0.5) is 0 Å². The number of nitrogens with zero attached hydrogens (tertiary/aromatic N) is 2. The summed E-state index contributed by atoms with van der Waals surface area (Å²) in [6, 6.07) is 33.2. The van der Waals surface area contributed by atoms with Crippen molar-refractivity contribution >= 4 is 22.6 Å². The maximum absolute atomic E-state index is 14.1. The molecule has 0 radical (unpaired) electrons. The molecule has 0 spiro atoms. The number of hydrogen-bond acceptors (Lipinski definition) is 3. The number of hydrogen-bond donors (Lipinski definition) is 1. The van der Waals surface area contributed by atoms with E-state index in [-0.39, 0.29) is 23.4 Å². The predicted octanol–water partition coefficient (Wildman–Crippen LogP) is 6.10. The van der Waals surface area contributed by atoms with E-state index in [4.69, 9.17) is 0 Å². The first kappa shape index (κ1) is 26.3. The van der Waals surface area contributed by atoms with Gasteiger partial charge in [0.15, 0.2) is 0 Å². The van der Waals surface area contributed by atoms with Gasteiger partial charge in [0.25, 0.3) is 5.91 Å². The summed E-state index contributed by atoms with van der Waals surface area (Å²) in [5.74, 6) is 0.127. The van der Waals surface area contributed by atoms with Gasteiger partial charge in [-0.2, -0.15) is 0 Å². The largest absolute Gasteiger partial charge is 0.347 e. The van der Waals surface area contributed by atoms with Crippen LogP contribution in [-0.2, 0) is 16.8 Å². The second-order valence-electron chi connectivity index (χ2n) is 11.2. The second kappa shape index (κ2) is 11.3. The van der Waals surface area contributed by atoms with Gasteiger partial charge < -0.3 is 15.1 Å². The summed E-state index contributed by atoms with van der Waals surface area (Å²) in [6.45, 7) is 5.05. The Kier molecular flexibility index (Phi) is 7.40. The van der Waals surface area contributed by atoms with E-state index in [0.29, 0.717) is 0 Å². The molecule has 1 atom stereocenters. The summed E-state index contributed by atoms with van der Waals surface area (Å²) in [4.78, 5) is 30.9. The van der Waals surface area contributed by atoms with E-state index in [2.05, 4.69) is 69.7 Å². The molecular formula is C35H37N3O2. The van der Waals surface area contributed by atoms with Crippen LogP contribution < -0.4 is 5.32 Å². The molecule has 2 aliphatic rings. The first-order valence-corrected chi connectivity index (χ1v) is 14.5. The first-order valence-electron chi connectivity index (χ1n) is 14.5. The van der Waals surface area contributed by atoms with Crippen LogP contribution in [0.3, 0.4) is 0 Å². The van der Waals surface area contributed by atoms with Crippen molar-refractivity contribution in [3.05, 3.63) is 119 Å². The minimum atomic E-state index is -0.322. The van der Waals surface area contributed by atoms with Gasteiger partial charge in [-0.05, 0) is 59.2 Å². The average Bonchev–Trinajstić information content (AvgIpc) is 3.00. The first-order chi connectivity index (χ1) is 19.5. The van der Waals surface area contributed by atoms with Crippen molar-refractivity contribution < 1.29 is 9.59 Å². The standard InChI is InChI=1S/C35H37N3O2/c1-26(39)36-35(29-13-3-2-4-14-29)20-24-37(25-21-35)22-19-33-31-16-8-6-11-28(31)18-23-38(33)34(40)32-17-9-12-27-10-5-7-15-30(27)32/h2-17,33H,18-25H2,1H3,(H,36,39). The number of carbonyl (C=O) groups is 2. The third-order valence-electron chi connectivity index (χ3n) is 8.86. The van der Waals surface area contributed by atoms with E-state index in [9.17, 15) is 9.59 Å². The van der Waals surface area contributed by atoms with Crippen molar-refractivity contribution in [2.24, 2.45) is 0 Å². The predicted molar refractivity (Wildman–Crippen MR) is 160 cm³/mol. The smallest absolute Gasteiger partial charge is 0.255 e. The van der Waals surface area contributed by atoms with Gasteiger partial charge in [-0.3, -0.25) is 9.59 Å².